The third-order valence-corrected chi connectivity index (χ3v) is 3.82. The van der Waals surface area contributed by atoms with Gasteiger partial charge in [0.25, 0.3) is 0 Å². The van der Waals surface area contributed by atoms with Crippen LogP contribution in [0.2, 0.25) is 0 Å². The minimum absolute atomic E-state index is 0.0681. The molecule has 2 rings (SSSR count). The van der Waals surface area contributed by atoms with Crippen molar-refractivity contribution in [1.29, 1.82) is 0 Å². The zero-order chi connectivity index (χ0) is 15.6. The van der Waals surface area contributed by atoms with E-state index in [2.05, 4.69) is 0 Å². The lowest BCUT2D eigenvalue weighted by Gasteiger charge is -2.28. The molecular formula is C12H22N4O5. The second-order valence-corrected chi connectivity index (χ2v) is 4.90. The standard InChI is InChI=1S/C12H22N4O5/c1-3-13-9-10(16(8-21-2)11(13)19)15(5-7-18)12(20)14(9)4-6-17/h9-10,17-18H,3-8H2,1-2H3. The summed E-state index contributed by atoms with van der Waals surface area (Å²) in [6.07, 6.45) is -0.979. The molecule has 2 fully saturated rings. The topological polar surface area (TPSA) is 96.8 Å². The van der Waals surface area contributed by atoms with Crippen LogP contribution in [0.1, 0.15) is 6.92 Å². The fraction of sp³-hybridized carbons (Fsp3) is 0.833. The molecule has 2 saturated heterocycles. The van der Waals surface area contributed by atoms with Crippen LogP contribution < -0.4 is 0 Å². The Bertz CT molecular complexity index is 403. The Morgan fingerprint density at radius 1 is 0.952 bits per heavy atom. The highest BCUT2D eigenvalue weighted by Crippen LogP contribution is 2.34. The number of nitrogens with zero attached hydrogens (tertiary/aromatic N) is 4. The number of likely N-dealkylation sites (N-methyl/N-ethyl adjacent to an activating group) is 1. The second kappa shape index (κ2) is 6.46. The van der Waals surface area contributed by atoms with E-state index in [0.717, 1.165) is 0 Å². The average molecular weight is 302 g/mol. The molecule has 0 saturated carbocycles. The minimum Gasteiger partial charge on any atom is -0.395 e. The van der Waals surface area contributed by atoms with E-state index < -0.39 is 12.3 Å². The summed E-state index contributed by atoms with van der Waals surface area (Å²) in [7, 11) is 1.48. The molecule has 0 spiro atoms. The molecule has 0 radical (unpaired) electrons. The number of methoxy groups -OCH3 is 1. The van der Waals surface area contributed by atoms with Crippen LogP contribution in [0.4, 0.5) is 9.59 Å². The van der Waals surface area contributed by atoms with Crippen molar-refractivity contribution in [2.75, 3.05) is 46.7 Å². The first-order chi connectivity index (χ1) is 10.1. The molecule has 4 amide bonds. The Kier molecular flexibility index (Phi) is 4.86. The van der Waals surface area contributed by atoms with E-state index in [1.54, 1.807) is 4.90 Å². The first kappa shape index (κ1) is 15.8. The van der Waals surface area contributed by atoms with E-state index >= 15 is 0 Å². The molecule has 2 aliphatic rings. The van der Waals surface area contributed by atoms with Gasteiger partial charge >= 0.3 is 12.1 Å². The molecule has 0 aromatic carbocycles. The van der Waals surface area contributed by atoms with Crippen molar-refractivity contribution in [2.45, 2.75) is 19.3 Å². The molecule has 2 unspecified atom stereocenters. The smallest absolute Gasteiger partial charge is 0.325 e. The number of rotatable bonds is 7. The Balaban J connectivity index is 2.36. The Labute approximate surface area is 123 Å². The van der Waals surface area contributed by atoms with Gasteiger partial charge in [-0.25, -0.2) is 9.59 Å². The van der Waals surface area contributed by atoms with Crippen molar-refractivity contribution in [3.05, 3.63) is 0 Å². The van der Waals surface area contributed by atoms with E-state index in [0.29, 0.717) is 6.54 Å². The highest BCUT2D eigenvalue weighted by molar-refractivity contribution is 5.85. The van der Waals surface area contributed by atoms with Crippen LogP contribution in [-0.2, 0) is 4.74 Å². The van der Waals surface area contributed by atoms with Gasteiger partial charge in [0.15, 0.2) is 6.17 Å². The highest BCUT2D eigenvalue weighted by Gasteiger charge is 2.58. The van der Waals surface area contributed by atoms with E-state index in [1.165, 1.54) is 21.8 Å². The van der Waals surface area contributed by atoms with Gasteiger partial charge in [-0.1, -0.05) is 0 Å². The number of fused-ring (bicyclic) bond motifs is 1. The molecule has 0 aromatic rings. The van der Waals surface area contributed by atoms with Crippen LogP contribution in [0, 0.1) is 0 Å². The van der Waals surface area contributed by atoms with Gasteiger partial charge in [-0.05, 0) is 6.92 Å². The maximum absolute atomic E-state index is 12.4. The van der Waals surface area contributed by atoms with Gasteiger partial charge < -0.3 is 19.8 Å². The zero-order valence-electron chi connectivity index (χ0n) is 12.3. The average Bonchev–Trinajstić information content (AvgIpc) is 2.88. The summed E-state index contributed by atoms with van der Waals surface area (Å²) in [6.45, 7) is 2.25. The maximum atomic E-state index is 12.4. The van der Waals surface area contributed by atoms with E-state index in [-0.39, 0.29) is 45.1 Å². The van der Waals surface area contributed by atoms with Crippen molar-refractivity contribution in [3.63, 3.8) is 0 Å². The molecule has 0 aliphatic carbocycles. The predicted molar refractivity (Wildman–Crippen MR) is 72.0 cm³/mol. The van der Waals surface area contributed by atoms with Gasteiger partial charge in [0.2, 0.25) is 0 Å². The van der Waals surface area contributed by atoms with Crippen LogP contribution in [-0.4, -0.2) is 101 Å². The van der Waals surface area contributed by atoms with Crippen molar-refractivity contribution in [3.8, 4) is 0 Å². The lowest BCUT2D eigenvalue weighted by molar-refractivity contribution is 0.0305. The summed E-state index contributed by atoms with van der Waals surface area (Å²) in [5.41, 5.74) is 0. The monoisotopic (exact) mass is 302 g/mol. The van der Waals surface area contributed by atoms with Gasteiger partial charge in [0.05, 0.1) is 13.2 Å². The lowest BCUT2D eigenvalue weighted by atomic mass is 10.3. The third kappa shape index (κ3) is 2.41. The van der Waals surface area contributed by atoms with Crippen molar-refractivity contribution in [2.24, 2.45) is 0 Å². The largest absolute Gasteiger partial charge is 0.395 e. The molecular weight excluding hydrogens is 280 g/mol. The zero-order valence-corrected chi connectivity index (χ0v) is 12.3. The van der Waals surface area contributed by atoms with Crippen LogP contribution in [0.25, 0.3) is 0 Å². The number of urea groups is 2. The molecule has 2 atom stereocenters. The van der Waals surface area contributed by atoms with Crippen LogP contribution in [0.3, 0.4) is 0 Å². The van der Waals surface area contributed by atoms with Crippen LogP contribution >= 0.6 is 0 Å². The minimum atomic E-state index is -0.511. The normalized spacial score (nSPS) is 25.3. The van der Waals surface area contributed by atoms with Crippen molar-refractivity contribution < 1.29 is 24.5 Å². The van der Waals surface area contributed by atoms with E-state index in [4.69, 9.17) is 4.74 Å². The van der Waals surface area contributed by atoms with Gasteiger partial charge in [-0.15, -0.1) is 0 Å². The molecule has 2 heterocycles. The third-order valence-electron chi connectivity index (χ3n) is 3.82. The number of carbonyl (C=O) groups excluding carboxylic acids is 2. The summed E-state index contributed by atoms with van der Waals surface area (Å²) >= 11 is 0. The highest BCUT2D eigenvalue weighted by atomic mass is 16.5. The number of aliphatic hydroxyl groups excluding tert-OH is 2. The summed E-state index contributed by atoms with van der Waals surface area (Å²) in [5, 5.41) is 18.3. The number of β-amino-alcohol motifs (C(OH)–C–C–N with tert-alkyl or cyclic N) is 2. The number of carbonyl (C=O) groups is 2. The molecule has 2 aliphatic heterocycles. The number of aliphatic hydroxyl groups is 2. The quantitative estimate of drug-likeness (QED) is 0.611. The fourth-order valence-electron chi connectivity index (χ4n) is 3.03. The molecule has 21 heavy (non-hydrogen) atoms. The van der Waals surface area contributed by atoms with Gasteiger partial charge in [0, 0.05) is 26.7 Å². The van der Waals surface area contributed by atoms with Gasteiger partial charge in [-0.3, -0.25) is 14.7 Å². The fourth-order valence-corrected chi connectivity index (χ4v) is 3.03. The van der Waals surface area contributed by atoms with Crippen molar-refractivity contribution >= 4 is 12.1 Å². The van der Waals surface area contributed by atoms with Gasteiger partial charge in [-0.2, -0.15) is 0 Å². The Morgan fingerprint density at radius 3 is 1.86 bits per heavy atom. The number of hydrogen-bond acceptors (Lipinski definition) is 5. The number of amides is 4. The van der Waals surface area contributed by atoms with Crippen LogP contribution in [0.15, 0.2) is 0 Å². The predicted octanol–water partition coefficient (Wildman–Crippen LogP) is -1.28. The first-order valence-corrected chi connectivity index (χ1v) is 6.97. The Morgan fingerprint density at radius 2 is 1.43 bits per heavy atom. The van der Waals surface area contributed by atoms with Crippen LogP contribution in [0.5, 0.6) is 0 Å². The maximum Gasteiger partial charge on any atom is 0.325 e. The summed E-state index contributed by atoms with van der Waals surface area (Å²) in [6, 6.07) is -0.507. The Hall–Kier alpha value is -1.58. The summed E-state index contributed by atoms with van der Waals surface area (Å²) < 4.78 is 5.06. The first-order valence-electron chi connectivity index (χ1n) is 6.97. The summed E-state index contributed by atoms with van der Waals surface area (Å²) in [4.78, 5) is 30.8. The molecule has 0 aromatic heterocycles. The lowest BCUT2D eigenvalue weighted by Crippen LogP contribution is -2.48. The molecule has 9 heteroatoms. The number of hydrogen-bond donors (Lipinski definition) is 2. The van der Waals surface area contributed by atoms with Gasteiger partial charge in [0.1, 0.15) is 12.9 Å². The summed E-state index contributed by atoms with van der Waals surface area (Å²) in [5.74, 6) is 0. The molecule has 0 bridgehead atoms. The number of ether oxygens (including phenoxy) is 1. The van der Waals surface area contributed by atoms with Crippen molar-refractivity contribution in [1.82, 2.24) is 19.6 Å². The SMILES string of the molecule is CCN1C(=O)N(COC)C2C1N(CCO)C(=O)N2CCO. The molecule has 120 valence electrons. The second-order valence-electron chi connectivity index (χ2n) is 4.90. The van der Waals surface area contributed by atoms with E-state index in [9.17, 15) is 19.8 Å². The molecule has 2 N–H and O–H groups in total. The van der Waals surface area contributed by atoms with E-state index in [1.807, 2.05) is 6.92 Å². The molecule has 9 nitrogen and oxygen atoms in total.